The van der Waals surface area contributed by atoms with E-state index in [1.165, 1.54) is 0 Å². The van der Waals surface area contributed by atoms with Gasteiger partial charge in [-0.05, 0) is 32.8 Å². The van der Waals surface area contributed by atoms with Crippen molar-refractivity contribution in [2.24, 2.45) is 0 Å². The van der Waals surface area contributed by atoms with Gasteiger partial charge >= 0.3 is 5.97 Å². The molecule has 0 radical (unpaired) electrons. The van der Waals surface area contributed by atoms with E-state index >= 15 is 0 Å². The molecule has 0 aliphatic rings. The van der Waals surface area contributed by atoms with Crippen LogP contribution in [0.25, 0.3) is 11.6 Å². The van der Waals surface area contributed by atoms with Crippen LogP contribution in [0.1, 0.15) is 49.6 Å². The number of aromatic nitrogens is 3. The fourth-order valence-electron chi connectivity index (χ4n) is 2.11. The first-order chi connectivity index (χ1) is 10.1. The average Bonchev–Trinajstić information content (AvgIpc) is 3.10. The maximum Gasteiger partial charge on any atom is 0.376 e. The molecule has 2 heterocycles. The van der Waals surface area contributed by atoms with Crippen molar-refractivity contribution in [3.05, 3.63) is 23.2 Å². The molecular formula is C15H21N3O3. The minimum Gasteiger partial charge on any atom is -0.460 e. The molecule has 2 aromatic heterocycles. The highest BCUT2D eigenvalue weighted by Gasteiger charge is 2.23. The van der Waals surface area contributed by atoms with Crippen LogP contribution in [0.3, 0.4) is 0 Å². The Hall–Kier alpha value is -2.11. The van der Waals surface area contributed by atoms with Gasteiger partial charge < -0.3 is 9.15 Å². The van der Waals surface area contributed by atoms with Crippen LogP contribution in [0.2, 0.25) is 0 Å². The van der Waals surface area contributed by atoms with Gasteiger partial charge in [0.1, 0.15) is 5.69 Å². The number of aryl methyl sites for hydroxylation is 3. The smallest absolute Gasteiger partial charge is 0.376 e. The molecule has 2 rings (SSSR count). The van der Waals surface area contributed by atoms with Crippen LogP contribution in [0, 0.1) is 0 Å². The molecule has 6 heteroatoms. The van der Waals surface area contributed by atoms with Crippen molar-refractivity contribution in [2.75, 3.05) is 6.61 Å². The van der Waals surface area contributed by atoms with Gasteiger partial charge in [-0.15, -0.1) is 0 Å². The summed E-state index contributed by atoms with van der Waals surface area (Å²) >= 11 is 0. The molecule has 0 saturated heterocycles. The second kappa shape index (κ2) is 6.56. The normalized spacial score (nSPS) is 10.9. The monoisotopic (exact) mass is 291 g/mol. The highest BCUT2D eigenvalue weighted by atomic mass is 16.5. The third kappa shape index (κ3) is 2.99. The van der Waals surface area contributed by atoms with Crippen molar-refractivity contribution in [1.82, 2.24) is 14.8 Å². The maximum absolute atomic E-state index is 11.9. The molecule has 2 aromatic rings. The first-order valence-electron chi connectivity index (χ1n) is 7.38. The van der Waals surface area contributed by atoms with Crippen LogP contribution in [0.15, 0.2) is 10.5 Å². The topological polar surface area (TPSA) is 70.2 Å². The molecule has 0 aromatic carbocycles. The van der Waals surface area contributed by atoms with Gasteiger partial charge in [0, 0.05) is 6.54 Å². The predicted octanol–water partition coefficient (Wildman–Crippen LogP) is 2.86. The number of hydrogen-bond acceptors (Lipinski definition) is 5. The minimum absolute atomic E-state index is 0.191. The Bertz CT molecular complexity index is 628. The Kier molecular flexibility index (Phi) is 4.77. The molecule has 0 saturated carbocycles. The van der Waals surface area contributed by atoms with Crippen LogP contribution in [0.5, 0.6) is 0 Å². The van der Waals surface area contributed by atoms with E-state index in [4.69, 9.17) is 9.15 Å². The first-order valence-corrected chi connectivity index (χ1v) is 7.38. The number of hydrogen-bond donors (Lipinski definition) is 0. The van der Waals surface area contributed by atoms with Gasteiger partial charge in [-0.2, -0.15) is 5.10 Å². The van der Waals surface area contributed by atoms with E-state index in [1.54, 1.807) is 6.92 Å². The second-order valence-corrected chi connectivity index (χ2v) is 4.56. The standard InChI is InChI=1S/C15H21N3O3/c1-5-10-9-12(18(7-3)17-10)14-16-11(6-2)13(21-14)15(19)20-8-4/h9H,5-8H2,1-4H3. The van der Waals surface area contributed by atoms with E-state index in [1.807, 2.05) is 31.5 Å². The molecule has 0 spiro atoms. The van der Waals surface area contributed by atoms with E-state index in [0.29, 0.717) is 31.2 Å². The minimum atomic E-state index is -0.466. The van der Waals surface area contributed by atoms with Crippen LogP contribution >= 0.6 is 0 Å². The quantitative estimate of drug-likeness (QED) is 0.765. The summed E-state index contributed by atoms with van der Waals surface area (Å²) < 4.78 is 12.5. The van der Waals surface area contributed by atoms with Crippen LogP contribution in [-0.4, -0.2) is 27.3 Å². The number of oxazole rings is 1. The summed E-state index contributed by atoms with van der Waals surface area (Å²) in [6.45, 7) is 8.77. The summed E-state index contributed by atoms with van der Waals surface area (Å²) in [5, 5.41) is 4.47. The lowest BCUT2D eigenvalue weighted by atomic mass is 10.3. The van der Waals surface area contributed by atoms with Crippen molar-refractivity contribution in [2.45, 2.75) is 47.1 Å². The zero-order valence-corrected chi connectivity index (χ0v) is 13.0. The maximum atomic E-state index is 11.9. The lowest BCUT2D eigenvalue weighted by molar-refractivity contribution is 0.0489. The van der Waals surface area contributed by atoms with E-state index < -0.39 is 5.97 Å². The average molecular weight is 291 g/mol. The SMILES string of the molecule is CCOC(=O)c1oc(-c2cc(CC)nn2CC)nc1CC. The molecular weight excluding hydrogens is 270 g/mol. The third-order valence-electron chi connectivity index (χ3n) is 3.20. The van der Waals surface area contributed by atoms with Crippen molar-refractivity contribution in [3.8, 4) is 11.6 Å². The van der Waals surface area contributed by atoms with Crippen molar-refractivity contribution < 1.29 is 13.9 Å². The molecule has 114 valence electrons. The molecule has 0 amide bonds. The molecule has 0 fully saturated rings. The van der Waals surface area contributed by atoms with Gasteiger partial charge in [-0.3, -0.25) is 4.68 Å². The second-order valence-electron chi connectivity index (χ2n) is 4.56. The van der Waals surface area contributed by atoms with Gasteiger partial charge in [0.25, 0.3) is 0 Å². The Morgan fingerprint density at radius 2 is 2.05 bits per heavy atom. The van der Waals surface area contributed by atoms with E-state index in [9.17, 15) is 4.79 Å². The number of nitrogens with zero attached hydrogens (tertiary/aromatic N) is 3. The number of carbonyl (C=O) groups excluding carboxylic acids is 1. The van der Waals surface area contributed by atoms with E-state index in [0.717, 1.165) is 17.8 Å². The molecule has 0 N–H and O–H groups in total. The van der Waals surface area contributed by atoms with Gasteiger partial charge in [0.05, 0.1) is 18.0 Å². The highest BCUT2D eigenvalue weighted by molar-refractivity contribution is 5.88. The van der Waals surface area contributed by atoms with Gasteiger partial charge in [-0.25, -0.2) is 9.78 Å². The summed E-state index contributed by atoms with van der Waals surface area (Å²) in [7, 11) is 0. The van der Waals surface area contributed by atoms with E-state index in [2.05, 4.69) is 10.1 Å². The number of ether oxygens (including phenoxy) is 1. The van der Waals surface area contributed by atoms with Gasteiger partial charge in [-0.1, -0.05) is 13.8 Å². The fourth-order valence-corrected chi connectivity index (χ4v) is 2.11. The van der Waals surface area contributed by atoms with Crippen molar-refractivity contribution in [1.29, 1.82) is 0 Å². The lowest BCUT2D eigenvalue weighted by Crippen LogP contribution is -2.05. The van der Waals surface area contributed by atoms with Gasteiger partial charge in [0.2, 0.25) is 11.7 Å². The zero-order chi connectivity index (χ0) is 15.4. The number of rotatable bonds is 6. The number of carbonyl (C=O) groups is 1. The largest absolute Gasteiger partial charge is 0.460 e. The van der Waals surface area contributed by atoms with Gasteiger partial charge in [0.15, 0.2) is 0 Å². The van der Waals surface area contributed by atoms with Crippen LogP contribution in [0.4, 0.5) is 0 Å². The zero-order valence-electron chi connectivity index (χ0n) is 13.0. The third-order valence-corrected chi connectivity index (χ3v) is 3.20. The molecule has 0 aliphatic carbocycles. The Morgan fingerprint density at radius 1 is 1.29 bits per heavy atom. The molecule has 0 aliphatic heterocycles. The summed E-state index contributed by atoms with van der Waals surface area (Å²) in [6, 6.07) is 1.95. The lowest BCUT2D eigenvalue weighted by Gasteiger charge is -2.00. The fraction of sp³-hybridized carbons (Fsp3) is 0.533. The molecule has 0 unspecified atom stereocenters. The van der Waals surface area contributed by atoms with Crippen LogP contribution < -0.4 is 0 Å². The van der Waals surface area contributed by atoms with Crippen molar-refractivity contribution >= 4 is 5.97 Å². The summed E-state index contributed by atoms with van der Waals surface area (Å²) in [5.74, 6) is 0.145. The predicted molar refractivity (Wildman–Crippen MR) is 78.1 cm³/mol. The summed E-state index contributed by atoms with van der Waals surface area (Å²) in [5.41, 5.74) is 2.38. The summed E-state index contributed by atoms with van der Waals surface area (Å²) in [6.07, 6.45) is 1.45. The Morgan fingerprint density at radius 3 is 2.62 bits per heavy atom. The Labute approximate surface area is 124 Å². The van der Waals surface area contributed by atoms with Crippen LogP contribution in [-0.2, 0) is 24.1 Å². The highest BCUT2D eigenvalue weighted by Crippen LogP contribution is 2.24. The van der Waals surface area contributed by atoms with E-state index in [-0.39, 0.29) is 5.76 Å². The number of esters is 1. The first kappa shape index (κ1) is 15.3. The molecule has 6 nitrogen and oxygen atoms in total. The molecule has 0 atom stereocenters. The van der Waals surface area contributed by atoms with Crippen molar-refractivity contribution in [3.63, 3.8) is 0 Å². The Balaban J connectivity index is 2.45. The molecule has 21 heavy (non-hydrogen) atoms. The summed E-state index contributed by atoms with van der Waals surface area (Å²) in [4.78, 5) is 16.3. The molecule has 0 bridgehead atoms.